The van der Waals surface area contributed by atoms with Gasteiger partial charge in [-0.05, 0) is 13.3 Å². The first kappa shape index (κ1) is 10.9. The first-order valence-electron chi connectivity index (χ1n) is 4.36. The minimum Gasteiger partial charge on any atom is -0.379 e. The molecule has 0 aromatic rings. The third-order valence-electron chi connectivity index (χ3n) is 1.41. The van der Waals surface area contributed by atoms with Crippen LogP contribution in [0.15, 0.2) is 0 Å². The fraction of sp³-hybridized carbons (Fsp3) is 0.889. The molecule has 0 aromatic heterocycles. The third kappa shape index (κ3) is 9.92. The molecule has 0 aromatic carbocycles. The first-order chi connectivity index (χ1) is 5.41. The molecule has 0 saturated heterocycles. The molecule has 0 unspecified atom stereocenters. The predicted molar refractivity (Wildman–Crippen MR) is 46.5 cm³/mol. The van der Waals surface area contributed by atoms with E-state index in [0.29, 0.717) is 19.8 Å². The van der Waals surface area contributed by atoms with Crippen LogP contribution in [0.1, 0.15) is 26.2 Å². The van der Waals surface area contributed by atoms with Crippen LogP contribution in [-0.2, 0) is 9.47 Å². The highest BCUT2D eigenvalue weighted by Gasteiger charge is 1.87. The lowest BCUT2D eigenvalue weighted by molar-refractivity contribution is 0.0563. The molecule has 11 heavy (non-hydrogen) atoms. The highest BCUT2D eigenvalue weighted by molar-refractivity contribution is 4.37. The summed E-state index contributed by atoms with van der Waals surface area (Å²) in [6.07, 6.45) is 3.68. The van der Waals surface area contributed by atoms with Gasteiger partial charge in [0.25, 0.3) is 0 Å². The van der Waals surface area contributed by atoms with E-state index in [0.717, 1.165) is 6.61 Å². The zero-order valence-electron chi connectivity index (χ0n) is 7.47. The molecule has 0 rings (SSSR count). The highest BCUT2D eigenvalue weighted by atomic mass is 16.5. The van der Waals surface area contributed by atoms with Crippen molar-refractivity contribution in [3.8, 4) is 0 Å². The molecule has 0 atom stereocenters. The Morgan fingerprint density at radius 1 is 1.00 bits per heavy atom. The van der Waals surface area contributed by atoms with Gasteiger partial charge in [-0.15, -0.1) is 0 Å². The van der Waals surface area contributed by atoms with E-state index < -0.39 is 0 Å². The molecule has 1 radical (unpaired) electrons. The summed E-state index contributed by atoms with van der Waals surface area (Å²) < 4.78 is 10.3. The molecule has 0 aliphatic rings. The van der Waals surface area contributed by atoms with Crippen LogP contribution in [0.5, 0.6) is 0 Å². The van der Waals surface area contributed by atoms with Gasteiger partial charge in [0.2, 0.25) is 0 Å². The maximum absolute atomic E-state index is 5.28. The van der Waals surface area contributed by atoms with Crippen LogP contribution >= 0.6 is 0 Å². The third-order valence-corrected chi connectivity index (χ3v) is 1.41. The van der Waals surface area contributed by atoms with Crippen molar-refractivity contribution in [1.82, 2.24) is 0 Å². The summed E-state index contributed by atoms with van der Waals surface area (Å²) in [5, 5.41) is 0. The predicted octanol–water partition coefficient (Wildman–Crippen LogP) is 2.04. The van der Waals surface area contributed by atoms with Crippen LogP contribution in [-0.4, -0.2) is 26.4 Å². The zero-order chi connectivity index (χ0) is 8.36. The van der Waals surface area contributed by atoms with E-state index >= 15 is 0 Å². The van der Waals surface area contributed by atoms with Gasteiger partial charge in [-0.25, -0.2) is 0 Å². The van der Waals surface area contributed by atoms with E-state index in [9.17, 15) is 0 Å². The summed E-state index contributed by atoms with van der Waals surface area (Å²) in [5.74, 6) is 0. The Hall–Kier alpha value is -0.0800. The molecule has 0 heterocycles. The molecular weight excluding hydrogens is 140 g/mol. The van der Waals surface area contributed by atoms with Crippen molar-refractivity contribution < 1.29 is 9.47 Å². The molecule has 0 N–H and O–H groups in total. The van der Waals surface area contributed by atoms with E-state index in [4.69, 9.17) is 9.47 Å². The molecule has 2 nitrogen and oxygen atoms in total. The van der Waals surface area contributed by atoms with Gasteiger partial charge in [0.1, 0.15) is 0 Å². The second-order valence-electron chi connectivity index (χ2n) is 2.43. The van der Waals surface area contributed by atoms with Crippen LogP contribution in [0.3, 0.4) is 0 Å². The molecule has 0 spiro atoms. The molecule has 2 heteroatoms. The second kappa shape index (κ2) is 9.92. The van der Waals surface area contributed by atoms with E-state index in [1.165, 1.54) is 19.3 Å². The fourth-order valence-electron chi connectivity index (χ4n) is 0.776. The Labute approximate surface area is 69.9 Å². The van der Waals surface area contributed by atoms with Gasteiger partial charge in [-0.3, -0.25) is 0 Å². The molecule has 0 aliphatic carbocycles. The molecule has 0 bridgehead atoms. The van der Waals surface area contributed by atoms with Crippen LogP contribution < -0.4 is 0 Å². The monoisotopic (exact) mass is 159 g/mol. The van der Waals surface area contributed by atoms with Gasteiger partial charge in [0, 0.05) is 13.2 Å². The van der Waals surface area contributed by atoms with Crippen LogP contribution in [0.2, 0.25) is 0 Å². The van der Waals surface area contributed by atoms with Gasteiger partial charge >= 0.3 is 0 Å². The van der Waals surface area contributed by atoms with Crippen molar-refractivity contribution in [1.29, 1.82) is 0 Å². The number of rotatable bonds is 8. The van der Waals surface area contributed by atoms with Crippen molar-refractivity contribution in [2.45, 2.75) is 26.2 Å². The number of ether oxygens (including phenoxy) is 2. The van der Waals surface area contributed by atoms with Crippen molar-refractivity contribution in [3.05, 3.63) is 6.92 Å². The topological polar surface area (TPSA) is 18.5 Å². The highest BCUT2D eigenvalue weighted by Crippen LogP contribution is 1.93. The smallest absolute Gasteiger partial charge is 0.0700 e. The SMILES string of the molecule is [CH2]COCCOCCCCC. The van der Waals surface area contributed by atoms with Crippen molar-refractivity contribution >= 4 is 0 Å². The summed E-state index contributed by atoms with van der Waals surface area (Å²) in [4.78, 5) is 0. The summed E-state index contributed by atoms with van der Waals surface area (Å²) in [7, 11) is 0. The van der Waals surface area contributed by atoms with Crippen LogP contribution in [0, 0.1) is 6.92 Å². The summed E-state index contributed by atoms with van der Waals surface area (Å²) in [5.41, 5.74) is 0. The Morgan fingerprint density at radius 2 is 1.73 bits per heavy atom. The molecule has 0 aliphatic heterocycles. The minimum atomic E-state index is 0.540. The molecule has 0 amide bonds. The van der Waals surface area contributed by atoms with Gasteiger partial charge in [0.05, 0.1) is 13.2 Å². The molecular formula is C9H19O2. The fourth-order valence-corrected chi connectivity index (χ4v) is 0.776. The minimum absolute atomic E-state index is 0.540. The van der Waals surface area contributed by atoms with Crippen molar-refractivity contribution in [2.24, 2.45) is 0 Å². The lowest BCUT2D eigenvalue weighted by atomic mass is 10.3. The first-order valence-corrected chi connectivity index (χ1v) is 4.36. The van der Waals surface area contributed by atoms with E-state index in [2.05, 4.69) is 13.8 Å². The second-order valence-corrected chi connectivity index (χ2v) is 2.43. The summed E-state index contributed by atoms with van der Waals surface area (Å²) >= 11 is 0. The number of unbranched alkanes of at least 4 members (excludes halogenated alkanes) is 2. The average molecular weight is 159 g/mol. The lowest BCUT2D eigenvalue weighted by Gasteiger charge is -2.02. The van der Waals surface area contributed by atoms with Gasteiger partial charge in [-0.2, -0.15) is 0 Å². The summed E-state index contributed by atoms with van der Waals surface area (Å²) in [6, 6.07) is 0. The largest absolute Gasteiger partial charge is 0.379 e. The van der Waals surface area contributed by atoms with E-state index in [-0.39, 0.29) is 0 Å². The maximum Gasteiger partial charge on any atom is 0.0700 e. The van der Waals surface area contributed by atoms with Crippen molar-refractivity contribution in [3.63, 3.8) is 0 Å². The molecule has 0 saturated carbocycles. The zero-order valence-corrected chi connectivity index (χ0v) is 7.47. The van der Waals surface area contributed by atoms with E-state index in [1.807, 2.05) is 0 Å². The number of hydrogen-bond donors (Lipinski definition) is 0. The van der Waals surface area contributed by atoms with Crippen LogP contribution in [0.25, 0.3) is 0 Å². The van der Waals surface area contributed by atoms with Crippen molar-refractivity contribution in [2.75, 3.05) is 26.4 Å². The quantitative estimate of drug-likeness (QED) is 0.505. The standard InChI is InChI=1S/C9H19O2/c1-3-5-6-7-11-9-8-10-4-2/h2-9H2,1H3. The average Bonchev–Trinajstić information content (AvgIpc) is 2.03. The number of hydrogen-bond acceptors (Lipinski definition) is 2. The molecule has 67 valence electrons. The van der Waals surface area contributed by atoms with Gasteiger partial charge < -0.3 is 9.47 Å². The Balaban J connectivity index is 2.69. The Bertz CT molecular complexity index is 56.6. The summed E-state index contributed by atoms with van der Waals surface area (Å²) in [6.45, 7) is 8.53. The van der Waals surface area contributed by atoms with E-state index in [1.54, 1.807) is 0 Å². The maximum atomic E-state index is 5.28. The normalized spacial score (nSPS) is 10.4. The lowest BCUT2D eigenvalue weighted by Crippen LogP contribution is -2.04. The Morgan fingerprint density at radius 3 is 2.36 bits per heavy atom. The molecule has 0 fully saturated rings. The van der Waals surface area contributed by atoms with Gasteiger partial charge in [-0.1, -0.05) is 19.8 Å². The van der Waals surface area contributed by atoms with Crippen LogP contribution in [0.4, 0.5) is 0 Å². The van der Waals surface area contributed by atoms with Gasteiger partial charge in [0.15, 0.2) is 0 Å². The Kier molecular flexibility index (Phi) is 9.85.